The lowest BCUT2D eigenvalue weighted by Gasteiger charge is -2.20. The number of phosphoric ester groups is 1. The first kappa shape index (κ1) is 40.2. The molecular weight excluding hydrogens is 541 g/mol. The number of ether oxygens (including phenoxy) is 2. The van der Waals surface area contributed by atoms with Crippen molar-refractivity contribution in [3.8, 4) is 0 Å². The van der Waals surface area contributed by atoms with Gasteiger partial charge in [0.1, 0.15) is 6.10 Å². The zero-order valence-corrected chi connectivity index (χ0v) is 27.4. The molecule has 0 aliphatic rings. The van der Waals surface area contributed by atoms with E-state index in [1.54, 1.807) is 0 Å². The Hall–Kier alpha value is -0.760. The summed E-state index contributed by atoms with van der Waals surface area (Å²) in [6.07, 6.45) is 28.0. The van der Waals surface area contributed by atoms with Crippen molar-refractivity contribution in [3.63, 3.8) is 0 Å². The van der Waals surface area contributed by atoms with Gasteiger partial charge in [-0.15, -0.1) is 0 Å². The minimum Gasteiger partial charge on any atom is -0.457 e. The molecule has 0 heterocycles. The second-order valence-corrected chi connectivity index (χ2v) is 12.5. The van der Waals surface area contributed by atoms with Gasteiger partial charge in [0.15, 0.2) is 0 Å². The summed E-state index contributed by atoms with van der Waals surface area (Å²) in [4.78, 5) is 22.2. The Morgan fingerprint density at radius 1 is 0.707 bits per heavy atom. The van der Waals surface area contributed by atoms with Gasteiger partial charge in [0, 0.05) is 19.6 Å². The molecule has 8 nitrogen and oxygen atoms in total. The van der Waals surface area contributed by atoms with E-state index >= 15 is 0 Å². The van der Waals surface area contributed by atoms with E-state index < -0.39 is 13.9 Å². The van der Waals surface area contributed by atoms with Gasteiger partial charge in [-0.3, -0.25) is 13.8 Å². The zero-order chi connectivity index (χ0) is 30.3. The van der Waals surface area contributed by atoms with Crippen molar-refractivity contribution in [2.24, 2.45) is 5.73 Å². The van der Waals surface area contributed by atoms with E-state index in [1.807, 2.05) is 0 Å². The number of esters is 1. The third-order valence-electron chi connectivity index (χ3n) is 6.93. The third-order valence-corrected chi connectivity index (χ3v) is 7.92. The predicted molar refractivity (Wildman–Crippen MR) is 169 cm³/mol. The molecule has 0 radical (unpaired) electrons. The van der Waals surface area contributed by atoms with Crippen molar-refractivity contribution >= 4 is 13.8 Å². The maximum Gasteiger partial charge on any atom is 0.472 e. The molecule has 244 valence electrons. The first-order chi connectivity index (χ1) is 19.9. The number of carbonyl (C=O) groups is 1. The van der Waals surface area contributed by atoms with E-state index in [9.17, 15) is 14.3 Å². The van der Waals surface area contributed by atoms with Crippen LogP contribution in [0.4, 0.5) is 0 Å². The Bertz CT molecular complexity index is 648. The molecule has 0 spiro atoms. The van der Waals surface area contributed by atoms with Crippen LogP contribution in [0.2, 0.25) is 0 Å². The second kappa shape index (κ2) is 30.7. The predicted octanol–water partition coefficient (Wildman–Crippen LogP) is 8.80. The summed E-state index contributed by atoms with van der Waals surface area (Å²) in [5, 5.41) is 0. The van der Waals surface area contributed by atoms with Crippen molar-refractivity contribution in [1.29, 1.82) is 0 Å². The summed E-state index contributed by atoms with van der Waals surface area (Å²) in [5.41, 5.74) is 5.32. The maximum atomic E-state index is 12.4. The highest BCUT2D eigenvalue weighted by molar-refractivity contribution is 7.47. The van der Waals surface area contributed by atoms with E-state index in [0.717, 1.165) is 44.9 Å². The Kier molecular flexibility index (Phi) is 30.1. The van der Waals surface area contributed by atoms with Crippen molar-refractivity contribution < 1.29 is 32.8 Å². The molecule has 2 unspecified atom stereocenters. The molecular formula is C32H64NO7P. The number of nitrogens with two attached hydrogens (primary N) is 1. The van der Waals surface area contributed by atoms with Crippen LogP contribution in [0.15, 0.2) is 12.2 Å². The number of allylic oxidation sites excluding steroid dienone is 2. The summed E-state index contributed by atoms with van der Waals surface area (Å²) in [5.74, 6) is -0.341. The molecule has 9 heteroatoms. The van der Waals surface area contributed by atoms with Crippen molar-refractivity contribution in [1.82, 2.24) is 0 Å². The molecule has 0 aliphatic heterocycles. The topological polar surface area (TPSA) is 117 Å². The van der Waals surface area contributed by atoms with E-state index in [2.05, 4.69) is 26.0 Å². The molecule has 0 aromatic heterocycles. The van der Waals surface area contributed by atoms with Crippen LogP contribution in [-0.4, -0.2) is 49.9 Å². The zero-order valence-electron chi connectivity index (χ0n) is 26.5. The van der Waals surface area contributed by atoms with Gasteiger partial charge < -0.3 is 20.1 Å². The van der Waals surface area contributed by atoms with E-state index in [-0.39, 0.29) is 32.3 Å². The fourth-order valence-corrected chi connectivity index (χ4v) is 5.23. The van der Waals surface area contributed by atoms with Crippen molar-refractivity contribution in [2.45, 2.75) is 155 Å². The molecule has 0 aromatic rings. The Morgan fingerprint density at radius 2 is 1.22 bits per heavy atom. The van der Waals surface area contributed by atoms with Crippen LogP contribution >= 0.6 is 7.82 Å². The van der Waals surface area contributed by atoms with Crippen LogP contribution in [0.5, 0.6) is 0 Å². The number of unbranched alkanes of at least 4 members (excludes halogenated alkanes) is 17. The van der Waals surface area contributed by atoms with Gasteiger partial charge in [-0.05, 0) is 38.5 Å². The summed E-state index contributed by atoms with van der Waals surface area (Å²) in [6.45, 7) is 4.86. The molecule has 0 aromatic carbocycles. The molecule has 0 saturated carbocycles. The van der Waals surface area contributed by atoms with Gasteiger partial charge in [-0.25, -0.2) is 4.57 Å². The fraction of sp³-hybridized carbons (Fsp3) is 0.906. The molecule has 0 saturated heterocycles. The number of rotatable bonds is 32. The summed E-state index contributed by atoms with van der Waals surface area (Å²) in [7, 11) is -4.25. The molecule has 0 bridgehead atoms. The van der Waals surface area contributed by atoms with Gasteiger partial charge in [0.05, 0.1) is 19.8 Å². The molecule has 0 rings (SSSR count). The van der Waals surface area contributed by atoms with E-state index in [4.69, 9.17) is 24.3 Å². The Morgan fingerprint density at radius 3 is 1.78 bits per heavy atom. The normalized spacial score (nSPS) is 14.0. The number of hydrogen-bond acceptors (Lipinski definition) is 7. The average molecular weight is 606 g/mol. The van der Waals surface area contributed by atoms with Gasteiger partial charge >= 0.3 is 13.8 Å². The Balaban J connectivity index is 4.10. The number of hydrogen-bond donors (Lipinski definition) is 2. The van der Waals surface area contributed by atoms with Crippen LogP contribution in [0.1, 0.15) is 149 Å². The molecule has 0 fully saturated rings. The molecule has 3 N–H and O–H groups in total. The number of carbonyl (C=O) groups excluding carboxylic acids is 1. The summed E-state index contributed by atoms with van der Waals surface area (Å²) < 4.78 is 33.0. The van der Waals surface area contributed by atoms with Gasteiger partial charge in [-0.2, -0.15) is 0 Å². The van der Waals surface area contributed by atoms with Gasteiger partial charge in [0.2, 0.25) is 0 Å². The third kappa shape index (κ3) is 30.5. The summed E-state index contributed by atoms with van der Waals surface area (Å²) in [6, 6.07) is 0. The molecule has 41 heavy (non-hydrogen) atoms. The van der Waals surface area contributed by atoms with Crippen LogP contribution in [0, 0.1) is 0 Å². The van der Waals surface area contributed by atoms with Crippen molar-refractivity contribution in [3.05, 3.63) is 12.2 Å². The van der Waals surface area contributed by atoms with Gasteiger partial charge in [0.25, 0.3) is 0 Å². The monoisotopic (exact) mass is 605 g/mol. The first-order valence-electron chi connectivity index (χ1n) is 16.7. The second-order valence-electron chi connectivity index (χ2n) is 11.0. The Labute approximate surface area is 252 Å². The first-order valence-corrected chi connectivity index (χ1v) is 18.2. The maximum absolute atomic E-state index is 12.4. The fourth-order valence-electron chi connectivity index (χ4n) is 4.46. The van der Waals surface area contributed by atoms with E-state index in [1.165, 1.54) is 83.5 Å². The lowest BCUT2D eigenvalue weighted by Crippen LogP contribution is -2.28. The highest BCUT2D eigenvalue weighted by Gasteiger charge is 2.25. The standard InChI is InChI=1S/C32H64NO7P/c1-3-5-7-9-11-12-13-14-15-16-17-18-19-21-23-25-32(34)40-31(30-39-41(35,36)38-28-26-33)29-37-27-24-22-20-10-8-6-4-2/h14-15,31H,3-13,16-30,33H2,1-2H3,(H,35,36)/b15-14-. The largest absolute Gasteiger partial charge is 0.472 e. The van der Waals surface area contributed by atoms with Gasteiger partial charge in [-0.1, -0.05) is 116 Å². The summed E-state index contributed by atoms with van der Waals surface area (Å²) >= 11 is 0. The minimum atomic E-state index is -4.25. The number of phosphoric acid groups is 1. The average Bonchev–Trinajstić information content (AvgIpc) is 2.96. The smallest absolute Gasteiger partial charge is 0.457 e. The van der Waals surface area contributed by atoms with Crippen LogP contribution in [0.25, 0.3) is 0 Å². The van der Waals surface area contributed by atoms with Crippen LogP contribution < -0.4 is 5.73 Å². The quantitative estimate of drug-likeness (QED) is 0.0338. The molecule has 2 atom stereocenters. The van der Waals surface area contributed by atoms with Crippen LogP contribution in [-0.2, 0) is 27.9 Å². The highest BCUT2D eigenvalue weighted by Crippen LogP contribution is 2.43. The van der Waals surface area contributed by atoms with Crippen LogP contribution in [0.3, 0.4) is 0 Å². The van der Waals surface area contributed by atoms with E-state index in [0.29, 0.717) is 13.0 Å². The highest BCUT2D eigenvalue weighted by atomic mass is 31.2. The lowest BCUT2D eigenvalue weighted by atomic mass is 10.1. The van der Waals surface area contributed by atoms with Crippen molar-refractivity contribution in [2.75, 3.05) is 33.0 Å². The minimum absolute atomic E-state index is 0.0948. The lowest BCUT2D eigenvalue weighted by molar-refractivity contribution is -0.154. The molecule has 0 aliphatic carbocycles. The molecule has 0 amide bonds. The SMILES string of the molecule is CCCCCCCC/C=C\CCCCCCCC(=O)OC(COCCCCCCCCC)COP(=O)(O)OCCN.